The molecule has 1 fully saturated rings. The largest absolute Gasteiger partial charge is 0.388 e. The Morgan fingerprint density at radius 3 is 2.61 bits per heavy atom. The van der Waals surface area contributed by atoms with Gasteiger partial charge in [0.25, 0.3) is 5.91 Å². The number of hydrogen-bond acceptors (Lipinski definition) is 6. The highest BCUT2D eigenvalue weighted by molar-refractivity contribution is 5.95. The van der Waals surface area contributed by atoms with Crippen LogP contribution in [0, 0.1) is 18.7 Å². The third kappa shape index (κ3) is 6.96. The monoisotopic (exact) mass is 558 g/mol. The molecule has 0 aliphatic carbocycles. The Morgan fingerprint density at radius 2 is 1.85 bits per heavy atom. The highest BCUT2D eigenvalue weighted by Crippen LogP contribution is 2.25. The van der Waals surface area contributed by atoms with Gasteiger partial charge in [0.1, 0.15) is 5.82 Å². The summed E-state index contributed by atoms with van der Waals surface area (Å²) in [6.45, 7) is 6.50. The summed E-state index contributed by atoms with van der Waals surface area (Å²) < 4.78 is 17.0. The van der Waals surface area contributed by atoms with Crippen molar-refractivity contribution in [1.29, 1.82) is 0 Å². The number of imidazole rings is 1. The van der Waals surface area contributed by atoms with E-state index < -0.39 is 17.8 Å². The van der Waals surface area contributed by atoms with Crippen LogP contribution in [-0.4, -0.2) is 62.6 Å². The molecule has 5 rings (SSSR count). The molecule has 2 amide bonds. The number of aromatic nitrogens is 3. The number of carbonyl (C=O) groups excluding carboxylic acids is 2. The van der Waals surface area contributed by atoms with Crippen LogP contribution >= 0.6 is 0 Å². The predicted octanol–water partition coefficient (Wildman–Crippen LogP) is 4.37. The zero-order chi connectivity index (χ0) is 28.9. The lowest BCUT2D eigenvalue weighted by Crippen LogP contribution is -2.38. The van der Waals surface area contributed by atoms with Crippen molar-refractivity contribution in [3.8, 4) is 11.3 Å². The summed E-state index contributed by atoms with van der Waals surface area (Å²) in [4.78, 5) is 31.9. The van der Waals surface area contributed by atoms with Gasteiger partial charge in [0.05, 0.1) is 30.1 Å². The number of rotatable bonds is 9. The van der Waals surface area contributed by atoms with Crippen LogP contribution in [0.25, 0.3) is 16.9 Å². The first-order valence-corrected chi connectivity index (χ1v) is 14.0. The SMILES string of the molecule is Cc1ccc([C@H](O)CCNC(=O)c2cccc(-c3ccc4nc(NC(=O)CN5CCC(C)CC5)cn4n3)c2F)cc1. The molecule has 9 nitrogen and oxygen atoms in total. The van der Waals surface area contributed by atoms with E-state index in [1.165, 1.54) is 10.6 Å². The summed E-state index contributed by atoms with van der Waals surface area (Å²) in [5.74, 6) is -0.347. The summed E-state index contributed by atoms with van der Waals surface area (Å²) >= 11 is 0. The third-order valence-electron chi connectivity index (χ3n) is 7.52. The first kappa shape index (κ1) is 28.4. The summed E-state index contributed by atoms with van der Waals surface area (Å²) in [5.41, 5.74) is 2.72. The number of aliphatic hydroxyl groups is 1. The molecule has 214 valence electrons. The minimum atomic E-state index is -0.735. The minimum absolute atomic E-state index is 0.111. The van der Waals surface area contributed by atoms with Crippen LogP contribution in [0.5, 0.6) is 0 Å². The molecule has 1 aliphatic rings. The van der Waals surface area contributed by atoms with E-state index in [4.69, 9.17) is 0 Å². The standard InChI is InChI=1S/C31H35FN6O3/c1-20-6-8-22(9-7-20)26(39)12-15-33-31(41)24-5-3-4-23(30(24)32)25-10-11-28-34-27(18-38(28)36-25)35-29(40)19-37-16-13-21(2)14-17-37/h3-11,18,21,26,39H,12-17,19H2,1-2H3,(H,33,41)(H,35,40)/t26-/m1/s1. The smallest absolute Gasteiger partial charge is 0.254 e. The van der Waals surface area contributed by atoms with Gasteiger partial charge in [0, 0.05) is 12.1 Å². The third-order valence-corrected chi connectivity index (χ3v) is 7.52. The molecule has 1 atom stereocenters. The van der Waals surface area contributed by atoms with E-state index in [-0.39, 0.29) is 23.6 Å². The van der Waals surface area contributed by atoms with Gasteiger partial charge in [-0.3, -0.25) is 14.5 Å². The second-order valence-corrected chi connectivity index (χ2v) is 10.8. The fraction of sp³-hybridized carbons (Fsp3) is 0.355. The minimum Gasteiger partial charge on any atom is -0.388 e. The Hall–Kier alpha value is -4.15. The number of piperidine rings is 1. The van der Waals surface area contributed by atoms with Crippen molar-refractivity contribution in [2.45, 2.75) is 39.2 Å². The number of benzene rings is 2. The van der Waals surface area contributed by atoms with E-state index in [1.807, 2.05) is 31.2 Å². The lowest BCUT2D eigenvalue weighted by atomic mass is 9.99. The molecule has 1 aliphatic heterocycles. The molecule has 41 heavy (non-hydrogen) atoms. The number of nitrogens with one attached hydrogen (secondary N) is 2. The quantitative estimate of drug-likeness (QED) is 0.281. The van der Waals surface area contributed by atoms with Crippen LogP contribution in [0.4, 0.5) is 10.2 Å². The number of amides is 2. The van der Waals surface area contributed by atoms with E-state index in [9.17, 15) is 14.7 Å². The molecule has 0 radical (unpaired) electrons. The average Bonchev–Trinajstić information content (AvgIpc) is 3.36. The zero-order valence-corrected chi connectivity index (χ0v) is 23.3. The van der Waals surface area contributed by atoms with Crippen LogP contribution in [0.3, 0.4) is 0 Å². The topological polar surface area (TPSA) is 112 Å². The van der Waals surface area contributed by atoms with Crippen molar-refractivity contribution < 1.29 is 19.1 Å². The Morgan fingerprint density at radius 1 is 1.10 bits per heavy atom. The second kappa shape index (κ2) is 12.6. The molecule has 2 aromatic carbocycles. The van der Waals surface area contributed by atoms with Gasteiger partial charge in [-0.25, -0.2) is 13.9 Å². The lowest BCUT2D eigenvalue weighted by molar-refractivity contribution is -0.117. The summed E-state index contributed by atoms with van der Waals surface area (Å²) in [5, 5.41) is 20.4. The number of fused-ring (bicyclic) bond motifs is 1. The molecule has 0 unspecified atom stereocenters. The molecule has 10 heteroatoms. The van der Waals surface area contributed by atoms with E-state index in [1.54, 1.807) is 30.5 Å². The van der Waals surface area contributed by atoms with Gasteiger partial charge in [-0.1, -0.05) is 42.8 Å². The first-order valence-electron chi connectivity index (χ1n) is 14.0. The maximum Gasteiger partial charge on any atom is 0.254 e. The first-order chi connectivity index (χ1) is 19.8. The maximum atomic E-state index is 15.5. The van der Waals surface area contributed by atoms with Crippen molar-refractivity contribution in [2.75, 3.05) is 31.5 Å². The van der Waals surface area contributed by atoms with Gasteiger partial charge < -0.3 is 15.7 Å². The number of anilines is 1. The Labute approximate surface area is 238 Å². The lowest BCUT2D eigenvalue weighted by Gasteiger charge is -2.29. The van der Waals surface area contributed by atoms with Crippen molar-refractivity contribution in [1.82, 2.24) is 24.8 Å². The van der Waals surface area contributed by atoms with Gasteiger partial charge in [-0.15, -0.1) is 0 Å². The van der Waals surface area contributed by atoms with Crippen molar-refractivity contribution in [3.63, 3.8) is 0 Å². The highest BCUT2D eigenvalue weighted by Gasteiger charge is 2.20. The molecule has 4 aromatic rings. The van der Waals surface area contributed by atoms with E-state index in [0.717, 1.165) is 37.1 Å². The number of aliphatic hydroxyl groups excluding tert-OH is 1. The van der Waals surface area contributed by atoms with Crippen LogP contribution in [0.1, 0.15) is 53.8 Å². The van der Waals surface area contributed by atoms with E-state index in [2.05, 4.69) is 32.5 Å². The van der Waals surface area contributed by atoms with Crippen molar-refractivity contribution in [3.05, 3.63) is 83.3 Å². The van der Waals surface area contributed by atoms with E-state index >= 15 is 4.39 Å². The molecular formula is C31H35FN6O3. The molecule has 2 aromatic heterocycles. The predicted molar refractivity (Wildman–Crippen MR) is 155 cm³/mol. The zero-order valence-electron chi connectivity index (χ0n) is 23.3. The van der Waals surface area contributed by atoms with Crippen LogP contribution in [-0.2, 0) is 4.79 Å². The van der Waals surface area contributed by atoms with Crippen molar-refractivity contribution >= 4 is 23.3 Å². The molecule has 3 N–H and O–H groups in total. The van der Waals surface area contributed by atoms with Gasteiger partial charge in [0.15, 0.2) is 11.5 Å². The average molecular weight is 559 g/mol. The number of halogens is 1. The second-order valence-electron chi connectivity index (χ2n) is 10.8. The fourth-order valence-electron chi connectivity index (χ4n) is 4.97. The number of likely N-dealkylation sites (tertiary alicyclic amines) is 1. The van der Waals surface area contributed by atoms with Gasteiger partial charge in [-0.2, -0.15) is 5.10 Å². The highest BCUT2D eigenvalue weighted by atomic mass is 19.1. The Bertz CT molecular complexity index is 1530. The fourth-order valence-corrected chi connectivity index (χ4v) is 4.97. The number of aryl methyl sites for hydroxylation is 1. The van der Waals surface area contributed by atoms with Gasteiger partial charge in [-0.05, 0) is 75.0 Å². The van der Waals surface area contributed by atoms with Crippen LogP contribution < -0.4 is 10.6 Å². The molecule has 0 bridgehead atoms. The maximum absolute atomic E-state index is 15.5. The van der Waals surface area contributed by atoms with Gasteiger partial charge in [0.2, 0.25) is 5.91 Å². The van der Waals surface area contributed by atoms with Crippen LogP contribution in [0.2, 0.25) is 0 Å². The molecule has 3 heterocycles. The Kier molecular flexibility index (Phi) is 8.70. The molecule has 0 spiro atoms. The number of nitrogens with zero attached hydrogens (tertiary/aromatic N) is 4. The molecular weight excluding hydrogens is 523 g/mol. The summed E-state index contributed by atoms with van der Waals surface area (Å²) in [7, 11) is 0. The normalized spacial score (nSPS) is 15.1. The van der Waals surface area contributed by atoms with E-state index in [0.29, 0.717) is 36.0 Å². The molecule has 0 saturated carbocycles. The van der Waals surface area contributed by atoms with Crippen LogP contribution in [0.15, 0.2) is 60.8 Å². The Balaban J connectivity index is 1.22. The summed E-state index contributed by atoms with van der Waals surface area (Å²) in [6.07, 6.45) is 3.32. The summed E-state index contributed by atoms with van der Waals surface area (Å²) in [6, 6.07) is 15.4. The van der Waals surface area contributed by atoms with Crippen molar-refractivity contribution in [2.24, 2.45) is 5.92 Å². The van der Waals surface area contributed by atoms with Gasteiger partial charge >= 0.3 is 0 Å². The number of carbonyl (C=O) groups is 2. The number of hydrogen-bond donors (Lipinski definition) is 3. The molecule has 1 saturated heterocycles.